The minimum atomic E-state index is -0.156. The van der Waals surface area contributed by atoms with Crippen LogP contribution in [0.1, 0.15) is 28.8 Å². The highest BCUT2D eigenvalue weighted by Crippen LogP contribution is 2.33. The molecule has 1 saturated carbocycles. The van der Waals surface area contributed by atoms with E-state index in [0.717, 1.165) is 22.9 Å². The molecule has 3 rings (SSSR count). The second-order valence-electron chi connectivity index (χ2n) is 6.65. The lowest BCUT2D eigenvalue weighted by Crippen LogP contribution is -2.25. The summed E-state index contributed by atoms with van der Waals surface area (Å²) in [5, 5.41) is 5.77. The van der Waals surface area contributed by atoms with Crippen molar-refractivity contribution in [3.8, 4) is 11.5 Å². The fourth-order valence-electron chi connectivity index (χ4n) is 2.80. The van der Waals surface area contributed by atoms with Gasteiger partial charge in [-0.05, 0) is 61.2 Å². The van der Waals surface area contributed by atoms with Gasteiger partial charge >= 0.3 is 0 Å². The third kappa shape index (κ3) is 5.04. The van der Waals surface area contributed by atoms with E-state index in [4.69, 9.17) is 9.47 Å². The predicted molar refractivity (Wildman–Crippen MR) is 111 cm³/mol. The number of methoxy groups -OCH3 is 2. The van der Waals surface area contributed by atoms with Gasteiger partial charge in [-0.25, -0.2) is 0 Å². The van der Waals surface area contributed by atoms with E-state index in [0.29, 0.717) is 35.7 Å². The largest absolute Gasteiger partial charge is 0.493 e. The zero-order valence-electron chi connectivity index (χ0n) is 15.9. The molecule has 2 amide bonds. The molecular formula is C21H23BrN2O4. The number of carbonyl (C=O) groups excluding carboxylic acids is 2. The maximum Gasteiger partial charge on any atom is 0.251 e. The quantitative estimate of drug-likeness (QED) is 0.646. The van der Waals surface area contributed by atoms with Crippen LogP contribution in [0.25, 0.3) is 0 Å². The summed E-state index contributed by atoms with van der Waals surface area (Å²) >= 11 is 3.52. The third-order valence-corrected chi connectivity index (χ3v) is 5.33. The minimum Gasteiger partial charge on any atom is -0.493 e. The maximum absolute atomic E-state index is 12.3. The van der Waals surface area contributed by atoms with Gasteiger partial charge < -0.3 is 20.1 Å². The minimum absolute atomic E-state index is 0.0534. The van der Waals surface area contributed by atoms with Crippen LogP contribution in [0.4, 0.5) is 5.69 Å². The first kappa shape index (κ1) is 20.2. The Morgan fingerprint density at radius 2 is 1.71 bits per heavy atom. The van der Waals surface area contributed by atoms with Crippen molar-refractivity contribution < 1.29 is 19.1 Å². The molecule has 0 saturated heterocycles. The molecule has 0 aliphatic heterocycles. The van der Waals surface area contributed by atoms with E-state index in [1.807, 2.05) is 12.1 Å². The molecule has 1 fully saturated rings. The van der Waals surface area contributed by atoms with E-state index in [-0.39, 0.29) is 17.7 Å². The first-order valence-electron chi connectivity index (χ1n) is 9.11. The van der Waals surface area contributed by atoms with Gasteiger partial charge in [-0.3, -0.25) is 9.59 Å². The van der Waals surface area contributed by atoms with Crippen LogP contribution in [0.5, 0.6) is 11.5 Å². The number of halogens is 1. The molecule has 0 spiro atoms. The van der Waals surface area contributed by atoms with Crippen LogP contribution in [0.2, 0.25) is 0 Å². The number of hydrogen-bond donors (Lipinski definition) is 2. The first-order chi connectivity index (χ1) is 13.5. The Balaban J connectivity index is 1.53. The summed E-state index contributed by atoms with van der Waals surface area (Å²) < 4.78 is 11.5. The number of carbonyl (C=O) groups is 2. The Hall–Kier alpha value is -2.54. The third-order valence-electron chi connectivity index (χ3n) is 4.60. The summed E-state index contributed by atoms with van der Waals surface area (Å²) in [5.74, 6) is 1.35. The Morgan fingerprint density at radius 3 is 2.32 bits per heavy atom. The van der Waals surface area contributed by atoms with E-state index in [2.05, 4.69) is 26.6 Å². The van der Waals surface area contributed by atoms with E-state index >= 15 is 0 Å². The molecule has 6 nitrogen and oxygen atoms in total. The molecule has 7 heteroatoms. The lowest BCUT2D eigenvalue weighted by Gasteiger charge is -2.12. The van der Waals surface area contributed by atoms with E-state index in [1.165, 1.54) is 0 Å². The van der Waals surface area contributed by atoms with Crippen molar-refractivity contribution in [2.45, 2.75) is 19.3 Å². The summed E-state index contributed by atoms with van der Waals surface area (Å²) in [7, 11) is 3.18. The number of hydrogen-bond acceptors (Lipinski definition) is 4. The second-order valence-corrected chi connectivity index (χ2v) is 7.50. The van der Waals surface area contributed by atoms with E-state index < -0.39 is 0 Å². The normalized spacial score (nSPS) is 13.0. The van der Waals surface area contributed by atoms with Gasteiger partial charge in [-0.1, -0.05) is 15.9 Å². The number of anilines is 1. The first-order valence-corrected chi connectivity index (χ1v) is 9.90. The number of amides is 2. The fourth-order valence-corrected chi connectivity index (χ4v) is 3.32. The Bertz CT molecular complexity index is 863. The van der Waals surface area contributed by atoms with Crippen molar-refractivity contribution in [2.75, 3.05) is 26.1 Å². The number of rotatable bonds is 8. The molecule has 0 bridgehead atoms. The summed E-state index contributed by atoms with van der Waals surface area (Å²) in [6, 6.07) is 10.7. The highest BCUT2D eigenvalue weighted by atomic mass is 79.9. The van der Waals surface area contributed by atoms with Gasteiger partial charge in [-0.15, -0.1) is 0 Å². The van der Waals surface area contributed by atoms with Gasteiger partial charge in [0.2, 0.25) is 5.91 Å². The molecule has 0 radical (unpaired) electrons. The monoisotopic (exact) mass is 446 g/mol. The molecule has 28 heavy (non-hydrogen) atoms. The van der Waals surface area contributed by atoms with Crippen molar-refractivity contribution in [1.29, 1.82) is 0 Å². The summed E-state index contributed by atoms with van der Waals surface area (Å²) in [5.41, 5.74) is 2.27. The van der Waals surface area contributed by atoms with Gasteiger partial charge in [0.1, 0.15) is 0 Å². The molecule has 1 aliphatic rings. The molecular weight excluding hydrogens is 424 g/mol. The van der Waals surface area contributed by atoms with Crippen molar-refractivity contribution in [3.05, 3.63) is 52.0 Å². The maximum atomic E-state index is 12.3. The van der Waals surface area contributed by atoms with E-state index in [1.54, 1.807) is 38.5 Å². The SMILES string of the molecule is COc1cc(Br)c(CCNC(=O)c2ccc(NC(=O)C3CC3)cc2)cc1OC. The van der Waals surface area contributed by atoms with Gasteiger partial charge in [0, 0.05) is 28.2 Å². The molecule has 0 atom stereocenters. The highest BCUT2D eigenvalue weighted by Gasteiger charge is 2.29. The zero-order chi connectivity index (χ0) is 20.1. The topological polar surface area (TPSA) is 76.7 Å². The lowest BCUT2D eigenvalue weighted by molar-refractivity contribution is -0.117. The Kier molecular flexibility index (Phi) is 6.57. The Morgan fingerprint density at radius 1 is 1.07 bits per heavy atom. The van der Waals surface area contributed by atoms with Crippen LogP contribution in [0.15, 0.2) is 40.9 Å². The Labute approximate surface area is 172 Å². The van der Waals surface area contributed by atoms with Gasteiger partial charge in [0.05, 0.1) is 14.2 Å². The van der Waals surface area contributed by atoms with Crippen LogP contribution in [0, 0.1) is 5.92 Å². The average molecular weight is 447 g/mol. The number of nitrogens with one attached hydrogen (secondary N) is 2. The van der Waals surface area contributed by atoms with Crippen LogP contribution < -0.4 is 20.1 Å². The number of ether oxygens (including phenoxy) is 2. The molecule has 0 heterocycles. The van der Waals surface area contributed by atoms with Gasteiger partial charge in [-0.2, -0.15) is 0 Å². The molecule has 2 N–H and O–H groups in total. The van der Waals surface area contributed by atoms with Crippen LogP contribution in [-0.4, -0.2) is 32.6 Å². The lowest BCUT2D eigenvalue weighted by atomic mass is 10.1. The van der Waals surface area contributed by atoms with Crippen LogP contribution >= 0.6 is 15.9 Å². The van der Waals surface area contributed by atoms with Crippen molar-refractivity contribution in [2.24, 2.45) is 5.92 Å². The van der Waals surface area contributed by atoms with Crippen molar-refractivity contribution in [1.82, 2.24) is 5.32 Å². The highest BCUT2D eigenvalue weighted by molar-refractivity contribution is 9.10. The van der Waals surface area contributed by atoms with Gasteiger partial charge in [0.25, 0.3) is 5.91 Å². The van der Waals surface area contributed by atoms with Crippen LogP contribution in [-0.2, 0) is 11.2 Å². The molecule has 0 unspecified atom stereocenters. The second kappa shape index (κ2) is 9.10. The fraction of sp³-hybridized carbons (Fsp3) is 0.333. The molecule has 2 aromatic rings. The van der Waals surface area contributed by atoms with Gasteiger partial charge in [0.15, 0.2) is 11.5 Å². The van der Waals surface area contributed by atoms with E-state index in [9.17, 15) is 9.59 Å². The summed E-state index contributed by atoms with van der Waals surface area (Å²) in [6.45, 7) is 0.479. The number of benzene rings is 2. The standard InChI is InChI=1S/C21H23BrN2O4/c1-27-18-11-15(17(22)12-19(18)28-2)9-10-23-20(25)13-5-7-16(8-6-13)24-21(26)14-3-4-14/h5-8,11-12,14H,3-4,9-10H2,1-2H3,(H,23,25)(H,24,26). The molecule has 0 aromatic heterocycles. The van der Waals surface area contributed by atoms with Crippen LogP contribution in [0.3, 0.4) is 0 Å². The average Bonchev–Trinajstić information content (AvgIpc) is 3.54. The van der Waals surface area contributed by atoms with Crippen molar-refractivity contribution in [3.63, 3.8) is 0 Å². The molecule has 1 aliphatic carbocycles. The zero-order valence-corrected chi connectivity index (χ0v) is 17.5. The predicted octanol–water partition coefficient (Wildman–Crippen LogP) is 3.79. The summed E-state index contributed by atoms with van der Waals surface area (Å²) in [4.78, 5) is 24.1. The van der Waals surface area contributed by atoms with Crippen molar-refractivity contribution >= 4 is 33.4 Å². The molecule has 2 aromatic carbocycles. The summed E-state index contributed by atoms with van der Waals surface area (Å²) in [6.07, 6.45) is 2.56. The molecule has 148 valence electrons. The smallest absolute Gasteiger partial charge is 0.251 e.